The Kier molecular flexibility index (Phi) is 8.68. The van der Waals surface area contributed by atoms with Crippen LogP contribution >= 0.6 is 0 Å². The molecule has 6 nitrogen and oxygen atoms in total. The molecule has 0 saturated carbocycles. The van der Waals surface area contributed by atoms with Crippen molar-refractivity contribution in [3.8, 4) is 0 Å². The molecule has 146 valence electrons. The summed E-state index contributed by atoms with van der Waals surface area (Å²) in [6.45, 7) is 3.89. The van der Waals surface area contributed by atoms with Crippen molar-refractivity contribution in [1.82, 2.24) is 10.4 Å². The van der Waals surface area contributed by atoms with E-state index in [-0.39, 0.29) is 11.4 Å². The Bertz CT molecular complexity index is 779. The first-order valence-corrected chi connectivity index (χ1v) is 9.74. The van der Waals surface area contributed by atoms with E-state index in [1.54, 1.807) is 18.2 Å². The van der Waals surface area contributed by atoms with Gasteiger partial charge in [-0.05, 0) is 25.5 Å². The summed E-state index contributed by atoms with van der Waals surface area (Å²) in [5.41, 5.74) is 1.61. The van der Waals surface area contributed by atoms with E-state index < -0.39 is 5.97 Å². The Balaban J connectivity index is 1.83. The monoisotopic (exact) mass is 372 g/mol. The summed E-state index contributed by atoms with van der Waals surface area (Å²) < 4.78 is 10.3. The Morgan fingerprint density at radius 3 is 2.48 bits per heavy atom. The van der Waals surface area contributed by atoms with Crippen LogP contribution in [-0.4, -0.2) is 28.7 Å². The van der Waals surface area contributed by atoms with Crippen LogP contribution in [0.2, 0.25) is 0 Å². The number of benzene rings is 1. The maximum atomic E-state index is 12.3. The number of carbonyl (C=O) groups is 2. The van der Waals surface area contributed by atoms with Gasteiger partial charge in [0.1, 0.15) is 11.1 Å². The van der Waals surface area contributed by atoms with Gasteiger partial charge in [0.15, 0.2) is 11.4 Å². The summed E-state index contributed by atoms with van der Waals surface area (Å²) in [5.74, 6) is -0.941. The molecule has 27 heavy (non-hydrogen) atoms. The van der Waals surface area contributed by atoms with E-state index in [4.69, 9.17) is 9.26 Å². The van der Waals surface area contributed by atoms with Gasteiger partial charge < -0.3 is 9.26 Å². The van der Waals surface area contributed by atoms with Gasteiger partial charge in [0, 0.05) is 10.8 Å². The normalized spacial score (nSPS) is 11.7. The van der Waals surface area contributed by atoms with Crippen molar-refractivity contribution < 1.29 is 18.8 Å². The predicted octanol–water partition coefficient (Wildman–Crippen LogP) is 4.88. The van der Waals surface area contributed by atoms with Gasteiger partial charge in [-0.15, -0.1) is 5.10 Å². The van der Waals surface area contributed by atoms with Crippen molar-refractivity contribution >= 4 is 28.9 Å². The molecule has 0 amide bonds. The fourth-order valence-electron chi connectivity index (χ4n) is 2.88. The maximum absolute atomic E-state index is 12.3. The summed E-state index contributed by atoms with van der Waals surface area (Å²) in [6, 6.07) is 5.23. The number of esters is 1. The third-order valence-corrected chi connectivity index (χ3v) is 4.44. The highest BCUT2D eigenvalue weighted by molar-refractivity contribution is 6.20. The Morgan fingerprint density at radius 1 is 1.07 bits per heavy atom. The Hall–Kier alpha value is -2.50. The number of ketones is 1. The molecule has 0 aliphatic rings. The van der Waals surface area contributed by atoms with E-state index in [1.807, 2.05) is 0 Å². The van der Waals surface area contributed by atoms with E-state index in [0.29, 0.717) is 23.3 Å². The molecule has 0 aliphatic heterocycles. The molecule has 0 atom stereocenters. The zero-order chi connectivity index (χ0) is 19.5. The first-order chi connectivity index (χ1) is 13.1. The number of unbranched alkanes of at least 4 members (excludes halogenated alkanes) is 7. The van der Waals surface area contributed by atoms with Crippen molar-refractivity contribution in [1.29, 1.82) is 0 Å². The Morgan fingerprint density at radius 2 is 1.78 bits per heavy atom. The SMILES string of the molecule is CCCCCCCCCCOC(=O)C(=Cc1cccc2onnc12)C(C)=O. The smallest absolute Gasteiger partial charge is 0.341 e. The van der Waals surface area contributed by atoms with Gasteiger partial charge in [-0.2, -0.15) is 0 Å². The zero-order valence-corrected chi connectivity index (χ0v) is 16.2. The van der Waals surface area contributed by atoms with E-state index in [0.717, 1.165) is 19.3 Å². The van der Waals surface area contributed by atoms with Gasteiger partial charge in [-0.3, -0.25) is 4.79 Å². The fourth-order valence-corrected chi connectivity index (χ4v) is 2.88. The van der Waals surface area contributed by atoms with Crippen LogP contribution in [0, 0.1) is 0 Å². The van der Waals surface area contributed by atoms with Crippen LogP contribution in [0.3, 0.4) is 0 Å². The standard InChI is InChI=1S/C21H28N2O4/c1-3-4-5-6-7-8-9-10-14-26-21(25)18(16(2)24)15-17-12-11-13-19-20(17)22-23-27-19/h11-13,15H,3-10,14H2,1-2H3. The van der Waals surface area contributed by atoms with Crippen molar-refractivity contribution in [2.75, 3.05) is 6.61 Å². The third-order valence-electron chi connectivity index (χ3n) is 4.44. The maximum Gasteiger partial charge on any atom is 0.341 e. The largest absolute Gasteiger partial charge is 0.462 e. The second-order valence-corrected chi connectivity index (χ2v) is 6.69. The van der Waals surface area contributed by atoms with E-state index in [1.165, 1.54) is 45.1 Å². The molecule has 1 aromatic heterocycles. The number of hydrogen-bond donors (Lipinski definition) is 0. The van der Waals surface area contributed by atoms with Crippen LogP contribution in [0.1, 0.15) is 70.8 Å². The predicted molar refractivity (Wildman–Crippen MR) is 104 cm³/mol. The molecule has 0 radical (unpaired) electrons. The second kappa shape index (κ2) is 11.3. The highest BCUT2D eigenvalue weighted by Gasteiger charge is 2.17. The summed E-state index contributed by atoms with van der Waals surface area (Å²) in [7, 11) is 0. The minimum Gasteiger partial charge on any atom is -0.462 e. The molecule has 0 N–H and O–H groups in total. The van der Waals surface area contributed by atoms with Crippen molar-refractivity contribution in [2.24, 2.45) is 0 Å². The van der Waals surface area contributed by atoms with Crippen LogP contribution in [0.15, 0.2) is 28.3 Å². The number of Topliss-reactive ketones (excluding diaryl/α,β-unsaturated/α-hetero) is 1. The molecule has 0 fully saturated rings. The lowest BCUT2D eigenvalue weighted by Gasteiger charge is -2.07. The van der Waals surface area contributed by atoms with Crippen LogP contribution in [0.25, 0.3) is 17.2 Å². The van der Waals surface area contributed by atoms with Gasteiger partial charge >= 0.3 is 5.97 Å². The number of hydrogen-bond acceptors (Lipinski definition) is 6. The van der Waals surface area contributed by atoms with Crippen molar-refractivity contribution in [2.45, 2.75) is 65.2 Å². The van der Waals surface area contributed by atoms with E-state index in [9.17, 15) is 9.59 Å². The quantitative estimate of drug-likeness (QED) is 0.174. The topological polar surface area (TPSA) is 82.3 Å². The number of carbonyl (C=O) groups excluding carboxylic acids is 2. The molecular formula is C21H28N2O4. The molecule has 0 spiro atoms. The van der Waals surface area contributed by atoms with Crippen LogP contribution < -0.4 is 0 Å². The summed E-state index contributed by atoms with van der Waals surface area (Å²) in [4.78, 5) is 24.2. The molecule has 1 heterocycles. The number of ether oxygens (including phenoxy) is 1. The molecular weight excluding hydrogens is 344 g/mol. The highest BCUT2D eigenvalue weighted by atomic mass is 16.5. The molecule has 6 heteroatoms. The fraction of sp³-hybridized carbons (Fsp3) is 0.524. The van der Waals surface area contributed by atoms with Crippen molar-refractivity contribution in [3.63, 3.8) is 0 Å². The molecule has 0 unspecified atom stereocenters. The molecule has 1 aromatic carbocycles. The lowest BCUT2D eigenvalue weighted by atomic mass is 10.1. The molecule has 2 aromatic rings. The summed E-state index contributed by atoms with van der Waals surface area (Å²) >= 11 is 0. The lowest BCUT2D eigenvalue weighted by Crippen LogP contribution is -2.14. The average molecular weight is 372 g/mol. The minimum absolute atomic E-state index is 0.00469. The van der Waals surface area contributed by atoms with Gasteiger partial charge in [-0.1, -0.05) is 64.0 Å². The molecule has 0 aliphatic carbocycles. The number of fused-ring (bicyclic) bond motifs is 1. The number of rotatable bonds is 12. The number of nitrogens with zero attached hydrogens (tertiary/aromatic N) is 2. The van der Waals surface area contributed by atoms with E-state index >= 15 is 0 Å². The van der Waals surface area contributed by atoms with Crippen molar-refractivity contribution in [3.05, 3.63) is 29.3 Å². The molecule has 0 saturated heterocycles. The Labute approximate surface area is 159 Å². The number of aromatic nitrogens is 2. The van der Waals surface area contributed by atoms with Gasteiger partial charge in [-0.25, -0.2) is 4.79 Å². The summed E-state index contributed by atoms with van der Waals surface area (Å²) in [6.07, 6.45) is 10.8. The third kappa shape index (κ3) is 6.62. The van der Waals surface area contributed by atoms with Gasteiger partial charge in [0.05, 0.1) is 6.61 Å². The first kappa shape index (κ1) is 20.8. The van der Waals surface area contributed by atoms with Crippen LogP contribution in [0.5, 0.6) is 0 Å². The first-order valence-electron chi connectivity index (χ1n) is 9.74. The van der Waals surface area contributed by atoms with Crippen LogP contribution in [0.4, 0.5) is 0 Å². The average Bonchev–Trinajstić information content (AvgIpc) is 3.13. The lowest BCUT2D eigenvalue weighted by molar-refractivity contribution is -0.140. The summed E-state index contributed by atoms with van der Waals surface area (Å²) in [5, 5.41) is 7.39. The molecule has 0 bridgehead atoms. The highest BCUT2D eigenvalue weighted by Crippen LogP contribution is 2.19. The van der Waals surface area contributed by atoms with Crippen LogP contribution in [-0.2, 0) is 14.3 Å². The van der Waals surface area contributed by atoms with Gasteiger partial charge in [0.25, 0.3) is 0 Å². The van der Waals surface area contributed by atoms with E-state index in [2.05, 4.69) is 17.3 Å². The van der Waals surface area contributed by atoms with Gasteiger partial charge in [0.2, 0.25) is 0 Å². The zero-order valence-electron chi connectivity index (χ0n) is 16.2. The second-order valence-electron chi connectivity index (χ2n) is 6.69. The minimum atomic E-state index is -0.598. The molecule has 2 rings (SSSR count).